The predicted octanol–water partition coefficient (Wildman–Crippen LogP) is 2.44. The van der Waals surface area contributed by atoms with Crippen molar-refractivity contribution in [3.63, 3.8) is 0 Å². The van der Waals surface area contributed by atoms with Gasteiger partial charge in [-0.25, -0.2) is 10.4 Å². The van der Waals surface area contributed by atoms with E-state index in [2.05, 4.69) is 22.4 Å². The number of aryl methyl sites for hydroxylation is 1. The topological polar surface area (TPSA) is 96.6 Å². The Morgan fingerprint density at radius 2 is 2.29 bits per heavy atom. The van der Waals surface area contributed by atoms with Crippen LogP contribution >= 0.6 is 11.3 Å². The molecule has 0 saturated heterocycles. The van der Waals surface area contributed by atoms with Gasteiger partial charge < -0.3 is 5.11 Å². The summed E-state index contributed by atoms with van der Waals surface area (Å²) in [5, 5.41) is 14.2. The molecule has 1 aromatic carbocycles. The number of nitrogens with one attached hydrogen (secondary N) is 1. The average Bonchev–Trinajstić information content (AvgIpc) is 3.04. The molecule has 8 heteroatoms. The van der Waals surface area contributed by atoms with Crippen LogP contribution < -0.4 is 11.0 Å². The second-order valence-corrected chi connectivity index (χ2v) is 8.15. The van der Waals surface area contributed by atoms with Crippen LogP contribution in [0.1, 0.15) is 29.3 Å². The number of aromatic hydroxyl groups is 1. The first kappa shape index (κ1) is 18.4. The van der Waals surface area contributed by atoms with Crippen molar-refractivity contribution in [1.82, 2.24) is 15.0 Å². The van der Waals surface area contributed by atoms with Gasteiger partial charge in [-0.05, 0) is 42.9 Å². The Kier molecular flexibility index (Phi) is 4.95. The molecular formula is C20H20N4O3S. The fourth-order valence-electron chi connectivity index (χ4n) is 3.44. The second-order valence-electron chi connectivity index (χ2n) is 7.06. The Balaban J connectivity index is 1.52. The summed E-state index contributed by atoms with van der Waals surface area (Å²) in [4.78, 5) is 31.5. The zero-order chi connectivity index (χ0) is 19.7. The molecule has 7 nitrogen and oxygen atoms in total. The number of fused-ring (bicyclic) bond motifs is 3. The number of rotatable bonds is 4. The summed E-state index contributed by atoms with van der Waals surface area (Å²) in [6.45, 7) is 2.06. The number of carbonyl (C=O) groups is 1. The van der Waals surface area contributed by atoms with Crippen molar-refractivity contribution in [2.75, 3.05) is 0 Å². The van der Waals surface area contributed by atoms with Crippen LogP contribution in [-0.4, -0.2) is 26.8 Å². The quantitative estimate of drug-likeness (QED) is 0.523. The molecule has 3 aromatic rings. The van der Waals surface area contributed by atoms with E-state index < -0.39 is 5.91 Å². The molecule has 4 rings (SSSR count). The number of aromatic nitrogens is 2. The number of nitrogens with zero attached hydrogens (tertiary/aromatic N) is 3. The number of phenolic OH excluding ortho intramolecular Hbond substituents is 1. The van der Waals surface area contributed by atoms with E-state index in [9.17, 15) is 14.7 Å². The van der Waals surface area contributed by atoms with Gasteiger partial charge in [-0.1, -0.05) is 19.1 Å². The van der Waals surface area contributed by atoms with Gasteiger partial charge in [0.2, 0.25) is 0 Å². The van der Waals surface area contributed by atoms with Crippen LogP contribution in [0, 0.1) is 5.92 Å². The van der Waals surface area contributed by atoms with Crippen LogP contribution in [0.3, 0.4) is 0 Å². The molecule has 1 aliphatic rings. The minimum Gasteiger partial charge on any atom is -0.507 e. The number of para-hydroxylation sites is 1. The molecule has 28 heavy (non-hydrogen) atoms. The van der Waals surface area contributed by atoms with E-state index in [0.29, 0.717) is 16.9 Å². The van der Waals surface area contributed by atoms with Crippen molar-refractivity contribution in [3.05, 3.63) is 57.0 Å². The average molecular weight is 396 g/mol. The van der Waals surface area contributed by atoms with Crippen molar-refractivity contribution >= 4 is 33.7 Å². The summed E-state index contributed by atoms with van der Waals surface area (Å²) >= 11 is 1.59. The monoisotopic (exact) mass is 396 g/mol. The van der Waals surface area contributed by atoms with Gasteiger partial charge in [-0.15, -0.1) is 11.3 Å². The SMILES string of the molecule is C[C@@H]1CCc2c(sc3ncn(CC(=O)N/N=C/c4ccccc4O)c(=O)c23)C1. The zero-order valence-electron chi connectivity index (χ0n) is 15.4. The van der Waals surface area contributed by atoms with E-state index in [1.165, 1.54) is 28.1 Å². The molecule has 144 valence electrons. The number of carbonyl (C=O) groups excluding carboxylic acids is 1. The molecule has 1 aliphatic carbocycles. The smallest absolute Gasteiger partial charge is 0.262 e. The third-order valence-corrected chi connectivity index (χ3v) is 6.09. The third kappa shape index (κ3) is 3.55. The highest BCUT2D eigenvalue weighted by molar-refractivity contribution is 7.18. The first-order valence-corrected chi connectivity index (χ1v) is 9.94. The molecule has 0 aliphatic heterocycles. The number of hydrogen-bond acceptors (Lipinski definition) is 6. The van der Waals surface area contributed by atoms with Gasteiger partial charge in [0.1, 0.15) is 17.1 Å². The van der Waals surface area contributed by atoms with Gasteiger partial charge in [0.05, 0.1) is 17.9 Å². The van der Waals surface area contributed by atoms with Crippen molar-refractivity contribution in [3.8, 4) is 5.75 Å². The summed E-state index contributed by atoms with van der Waals surface area (Å²) in [5.74, 6) is 0.256. The molecule has 0 saturated carbocycles. The van der Waals surface area contributed by atoms with E-state index >= 15 is 0 Å². The van der Waals surface area contributed by atoms with Gasteiger partial charge >= 0.3 is 0 Å². The van der Waals surface area contributed by atoms with Crippen molar-refractivity contribution < 1.29 is 9.90 Å². The highest BCUT2D eigenvalue weighted by Crippen LogP contribution is 2.35. The lowest BCUT2D eigenvalue weighted by Crippen LogP contribution is -2.30. The molecule has 0 bridgehead atoms. The molecule has 0 radical (unpaired) electrons. The van der Waals surface area contributed by atoms with E-state index in [4.69, 9.17) is 0 Å². The Hall–Kier alpha value is -3.00. The first-order chi connectivity index (χ1) is 13.5. The van der Waals surface area contributed by atoms with E-state index in [0.717, 1.165) is 29.7 Å². The molecule has 0 unspecified atom stereocenters. The Bertz CT molecular complexity index is 1130. The van der Waals surface area contributed by atoms with E-state index in [1.807, 2.05) is 0 Å². The highest BCUT2D eigenvalue weighted by atomic mass is 32.1. The normalized spacial score (nSPS) is 16.4. The minimum absolute atomic E-state index is 0.0721. The van der Waals surface area contributed by atoms with Gasteiger partial charge in [0.15, 0.2) is 0 Å². The molecule has 2 aromatic heterocycles. The number of benzene rings is 1. The van der Waals surface area contributed by atoms with Gasteiger partial charge in [0, 0.05) is 10.4 Å². The maximum absolute atomic E-state index is 12.9. The number of amides is 1. The third-order valence-electron chi connectivity index (χ3n) is 4.93. The fraction of sp³-hybridized carbons (Fsp3) is 0.300. The standard InChI is InChI=1S/C20H20N4O3S/c1-12-6-7-14-16(8-12)28-19-18(14)20(27)24(11-21-19)10-17(26)23-22-9-13-4-2-3-5-15(13)25/h2-5,9,11-12,25H,6-8,10H2,1H3,(H,23,26)/b22-9+/t12-/m1/s1. The first-order valence-electron chi connectivity index (χ1n) is 9.12. The van der Waals surface area contributed by atoms with Crippen LogP contribution in [0.15, 0.2) is 40.5 Å². The van der Waals surface area contributed by atoms with Crippen LogP contribution in [0.5, 0.6) is 5.75 Å². The van der Waals surface area contributed by atoms with Gasteiger partial charge in [-0.3, -0.25) is 14.2 Å². The summed E-state index contributed by atoms with van der Waals surface area (Å²) in [7, 11) is 0. The number of hydrazone groups is 1. The maximum Gasteiger partial charge on any atom is 0.262 e. The van der Waals surface area contributed by atoms with E-state index in [-0.39, 0.29) is 17.9 Å². The summed E-state index contributed by atoms with van der Waals surface area (Å²) in [5.41, 5.74) is 3.78. The van der Waals surface area contributed by atoms with Crippen LogP contribution in [0.25, 0.3) is 10.2 Å². The van der Waals surface area contributed by atoms with Crippen LogP contribution in [0.2, 0.25) is 0 Å². The lowest BCUT2D eigenvalue weighted by atomic mass is 9.89. The summed E-state index contributed by atoms with van der Waals surface area (Å²) in [6.07, 6.45) is 5.71. The molecule has 1 amide bonds. The largest absolute Gasteiger partial charge is 0.507 e. The Labute approximate surface area is 165 Å². The van der Waals surface area contributed by atoms with Crippen LogP contribution in [-0.2, 0) is 24.2 Å². The molecule has 0 fully saturated rings. The van der Waals surface area contributed by atoms with E-state index in [1.54, 1.807) is 29.5 Å². The van der Waals surface area contributed by atoms with Gasteiger partial charge in [0.25, 0.3) is 11.5 Å². The summed E-state index contributed by atoms with van der Waals surface area (Å²) in [6, 6.07) is 6.66. The Morgan fingerprint density at radius 1 is 1.46 bits per heavy atom. The van der Waals surface area contributed by atoms with Crippen molar-refractivity contribution in [2.45, 2.75) is 32.7 Å². The lowest BCUT2D eigenvalue weighted by Gasteiger charge is -2.17. The van der Waals surface area contributed by atoms with Crippen molar-refractivity contribution in [1.29, 1.82) is 0 Å². The fourth-order valence-corrected chi connectivity index (χ4v) is 4.78. The van der Waals surface area contributed by atoms with Crippen LogP contribution in [0.4, 0.5) is 0 Å². The minimum atomic E-state index is -0.437. The van der Waals surface area contributed by atoms with Gasteiger partial charge in [-0.2, -0.15) is 5.10 Å². The molecule has 0 spiro atoms. The van der Waals surface area contributed by atoms with Crippen molar-refractivity contribution in [2.24, 2.45) is 11.0 Å². The number of hydrogen-bond donors (Lipinski definition) is 2. The molecule has 1 atom stereocenters. The number of phenols is 1. The maximum atomic E-state index is 12.9. The lowest BCUT2D eigenvalue weighted by molar-refractivity contribution is -0.121. The number of thiophene rings is 1. The Morgan fingerprint density at radius 3 is 3.11 bits per heavy atom. The summed E-state index contributed by atoms with van der Waals surface area (Å²) < 4.78 is 1.32. The predicted molar refractivity (Wildman–Crippen MR) is 109 cm³/mol. The molecule has 2 N–H and O–H groups in total. The second kappa shape index (κ2) is 7.55. The highest BCUT2D eigenvalue weighted by Gasteiger charge is 2.23. The molecular weight excluding hydrogens is 376 g/mol. The zero-order valence-corrected chi connectivity index (χ0v) is 16.2. The molecule has 2 heterocycles.